The van der Waals surface area contributed by atoms with E-state index >= 15 is 0 Å². The second-order valence-electron chi connectivity index (χ2n) is 3.60. The van der Waals surface area contributed by atoms with Crippen LogP contribution in [0.25, 0.3) is 0 Å². The lowest BCUT2D eigenvalue weighted by Gasteiger charge is -2.10. The fraction of sp³-hybridized carbons (Fsp3) is 0.778. The van der Waals surface area contributed by atoms with Gasteiger partial charge in [-0.05, 0) is 13.8 Å². The Morgan fingerprint density at radius 1 is 1.15 bits per heavy atom. The van der Waals surface area contributed by atoms with Gasteiger partial charge in [-0.2, -0.15) is 0 Å². The quantitative estimate of drug-likeness (QED) is 0.686. The number of ketones is 1. The Kier molecular flexibility index (Phi) is 5.11. The van der Waals surface area contributed by atoms with Gasteiger partial charge in [0.25, 0.3) is 0 Å². The maximum absolute atomic E-state index is 11.1. The van der Waals surface area contributed by atoms with Gasteiger partial charge in [-0.25, -0.2) is 4.79 Å². The Bertz CT molecular complexity index is 188. The maximum Gasteiger partial charge on any atom is 0.315 e. The molecule has 0 aromatic carbocycles. The van der Waals surface area contributed by atoms with E-state index in [2.05, 4.69) is 10.6 Å². The number of nitrogens with one attached hydrogen (secondary N) is 2. The second-order valence-corrected chi connectivity index (χ2v) is 3.60. The summed E-state index contributed by atoms with van der Waals surface area (Å²) in [6.45, 7) is 7.46. The van der Waals surface area contributed by atoms with Crippen LogP contribution in [0.3, 0.4) is 0 Å². The molecule has 2 amide bonds. The van der Waals surface area contributed by atoms with E-state index in [-0.39, 0.29) is 30.3 Å². The highest BCUT2D eigenvalue weighted by Crippen LogP contribution is 1.91. The van der Waals surface area contributed by atoms with E-state index in [1.165, 1.54) is 0 Å². The molecule has 0 heterocycles. The van der Waals surface area contributed by atoms with E-state index in [1.807, 2.05) is 27.7 Å². The Morgan fingerprint density at radius 3 is 2.08 bits per heavy atom. The van der Waals surface area contributed by atoms with Crippen LogP contribution in [0, 0.1) is 5.92 Å². The van der Waals surface area contributed by atoms with Crippen LogP contribution in [-0.4, -0.2) is 24.4 Å². The maximum atomic E-state index is 11.1. The first-order valence-electron chi connectivity index (χ1n) is 4.50. The minimum Gasteiger partial charge on any atom is -0.336 e. The lowest BCUT2D eigenvalue weighted by molar-refractivity contribution is -0.120. The molecule has 0 saturated carbocycles. The van der Waals surface area contributed by atoms with Crippen LogP contribution in [-0.2, 0) is 4.79 Å². The summed E-state index contributed by atoms with van der Waals surface area (Å²) in [5.74, 6) is 0.0123. The molecule has 0 aromatic heterocycles. The lowest BCUT2D eigenvalue weighted by Crippen LogP contribution is -2.42. The van der Waals surface area contributed by atoms with Gasteiger partial charge >= 0.3 is 6.03 Å². The smallest absolute Gasteiger partial charge is 0.315 e. The molecule has 76 valence electrons. The molecule has 0 aliphatic carbocycles. The summed E-state index contributed by atoms with van der Waals surface area (Å²) in [6.07, 6.45) is 0. The topological polar surface area (TPSA) is 58.2 Å². The molecule has 4 heteroatoms. The Morgan fingerprint density at radius 2 is 1.69 bits per heavy atom. The van der Waals surface area contributed by atoms with Gasteiger partial charge in [0.05, 0.1) is 6.54 Å². The van der Waals surface area contributed by atoms with Crippen molar-refractivity contribution in [3.8, 4) is 0 Å². The van der Waals surface area contributed by atoms with Crippen molar-refractivity contribution < 1.29 is 9.59 Å². The number of rotatable bonds is 4. The van der Waals surface area contributed by atoms with Crippen molar-refractivity contribution in [2.24, 2.45) is 5.92 Å². The predicted molar refractivity (Wildman–Crippen MR) is 51.5 cm³/mol. The van der Waals surface area contributed by atoms with E-state index in [1.54, 1.807) is 0 Å². The van der Waals surface area contributed by atoms with Crippen LogP contribution in [0.5, 0.6) is 0 Å². The van der Waals surface area contributed by atoms with Gasteiger partial charge in [0, 0.05) is 12.0 Å². The van der Waals surface area contributed by atoms with Crippen molar-refractivity contribution in [1.82, 2.24) is 10.6 Å². The Hall–Kier alpha value is -1.06. The number of carbonyl (C=O) groups excluding carboxylic acids is 2. The fourth-order valence-electron chi connectivity index (χ4n) is 0.685. The largest absolute Gasteiger partial charge is 0.336 e. The van der Waals surface area contributed by atoms with Crippen LogP contribution >= 0.6 is 0 Å². The lowest BCUT2D eigenvalue weighted by atomic mass is 10.1. The molecule has 2 N–H and O–H groups in total. The fourth-order valence-corrected chi connectivity index (χ4v) is 0.685. The summed E-state index contributed by atoms with van der Waals surface area (Å²) in [4.78, 5) is 22.1. The van der Waals surface area contributed by atoms with Crippen molar-refractivity contribution in [1.29, 1.82) is 0 Å². The van der Waals surface area contributed by atoms with Crippen LogP contribution < -0.4 is 10.6 Å². The zero-order chi connectivity index (χ0) is 10.4. The number of hydrogen-bond acceptors (Lipinski definition) is 2. The number of amides is 2. The molecule has 4 nitrogen and oxygen atoms in total. The Labute approximate surface area is 79.1 Å². The molecule has 0 aliphatic rings. The molecule has 0 unspecified atom stereocenters. The van der Waals surface area contributed by atoms with Gasteiger partial charge in [-0.1, -0.05) is 13.8 Å². The van der Waals surface area contributed by atoms with Crippen molar-refractivity contribution in [3.05, 3.63) is 0 Å². The molecule has 0 fully saturated rings. The van der Waals surface area contributed by atoms with Gasteiger partial charge in [0.2, 0.25) is 0 Å². The number of Topliss-reactive ketones (excluding diaryl/α,β-unsaturated/α-hetero) is 1. The van der Waals surface area contributed by atoms with Crippen molar-refractivity contribution >= 4 is 11.8 Å². The number of urea groups is 1. The van der Waals surface area contributed by atoms with Crippen LogP contribution in [0.2, 0.25) is 0 Å². The summed E-state index contributed by atoms with van der Waals surface area (Å²) in [5.41, 5.74) is 0. The minimum absolute atomic E-state index is 0.0284. The predicted octanol–water partition coefficient (Wildman–Crippen LogP) is 0.919. The number of carbonyl (C=O) groups is 2. The summed E-state index contributed by atoms with van der Waals surface area (Å²) in [6, 6.07) is -0.196. The second kappa shape index (κ2) is 5.56. The van der Waals surface area contributed by atoms with Gasteiger partial charge < -0.3 is 10.6 Å². The van der Waals surface area contributed by atoms with Gasteiger partial charge in [0.1, 0.15) is 0 Å². The molecule has 0 rings (SSSR count). The summed E-state index contributed by atoms with van der Waals surface area (Å²) >= 11 is 0. The monoisotopic (exact) mass is 186 g/mol. The zero-order valence-electron chi connectivity index (χ0n) is 8.68. The van der Waals surface area contributed by atoms with E-state index in [4.69, 9.17) is 0 Å². The third-order valence-electron chi connectivity index (χ3n) is 1.49. The molecular weight excluding hydrogens is 168 g/mol. The molecule has 0 spiro atoms. The minimum atomic E-state index is -0.288. The third-order valence-corrected chi connectivity index (χ3v) is 1.49. The molecule has 0 aromatic rings. The van der Waals surface area contributed by atoms with E-state index in [9.17, 15) is 9.59 Å². The van der Waals surface area contributed by atoms with Gasteiger partial charge in [-0.15, -0.1) is 0 Å². The first-order chi connectivity index (χ1) is 5.93. The highest BCUT2D eigenvalue weighted by Gasteiger charge is 2.08. The Balaban J connectivity index is 3.64. The molecule has 0 radical (unpaired) electrons. The number of hydrogen-bond donors (Lipinski definition) is 2. The van der Waals surface area contributed by atoms with Crippen LogP contribution in [0.4, 0.5) is 4.79 Å². The molecule has 13 heavy (non-hydrogen) atoms. The average molecular weight is 186 g/mol. The van der Waals surface area contributed by atoms with Crippen LogP contribution in [0.1, 0.15) is 27.7 Å². The van der Waals surface area contributed by atoms with Gasteiger partial charge in [0.15, 0.2) is 5.78 Å². The van der Waals surface area contributed by atoms with E-state index < -0.39 is 0 Å². The first-order valence-corrected chi connectivity index (χ1v) is 4.50. The van der Waals surface area contributed by atoms with Gasteiger partial charge in [-0.3, -0.25) is 4.79 Å². The van der Waals surface area contributed by atoms with E-state index in [0.717, 1.165) is 0 Å². The summed E-state index contributed by atoms with van der Waals surface area (Å²) < 4.78 is 0. The highest BCUT2D eigenvalue weighted by molar-refractivity contribution is 5.86. The molecule has 0 atom stereocenters. The molecule has 0 bridgehead atoms. The third kappa shape index (κ3) is 6.13. The summed E-state index contributed by atoms with van der Waals surface area (Å²) in [7, 11) is 0. The molecular formula is C9H18N2O2. The standard InChI is InChI=1S/C9H18N2O2/c1-6(2)8(12)5-10-9(13)11-7(3)4/h6-7H,5H2,1-4H3,(H2,10,11,13). The van der Waals surface area contributed by atoms with E-state index in [0.29, 0.717) is 0 Å². The average Bonchev–Trinajstić information content (AvgIpc) is 1.98. The zero-order valence-corrected chi connectivity index (χ0v) is 8.68. The molecule has 0 saturated heterocycles. The normalized spacial score (nSPS) is 10.3. The highest BCUT2D eigenvalue weighted by atomic mass is 16.2. The molecule has 0 aliphatic heterocycles. The van der Waals surface area contributed by atoms with Crippen LogP contribution in [0.15, 0.2) is 0 Å². The van der Waals surface area contributed by atoms with Crippen molar-refractivity contribution in [2.45, 2.75) is 33.7 Å². The SMILES string of the molecule is CC(C)NC(=O)NCC(=O)C(C)C. The first kappa shape index (κ1) is 11.9. The van der Waals surface area contributed by atoms with Crippen molar-refractivity contribution in [3.63, 3.8) is 0 Å². The van der Waals surface area contributed by atoms with Crippen molar-refractivity contribution in [2.75, 3.05) is 6.54 Å². The summed E-state index contributed by atoms with van der Waals surface area (Å²) in [5, 5.41) is 5.13.